The Balaban J connectivity index is 1.72. The normalized spacial score (nSPS) is 17.1. The Kier molecular flexibility index (Phi) is 5.27. The molecule has 25 heavy (non-hydrogen) atoms. The van der Waals surface area contributed by atoms with Crippen molar-refractivity contribution in [3.8, 4) is 0 Å². The van der Waals surface area contributed by atoms with Crippen LogP contribution in [0.2, 0.25) is 5.02 Å². The Labute approximate surface area is 158 Å². The van der Waals surface area contributed by atoms with Crippen molar-refractivity contribution in [2.24, 2.45) is 0 Å². The van der Waals surface area contributed by atoms with Crippen molar-refractivity contribution in [2.75, 3.05) is 17.3 Å². The van der Waals surface area contributed by atoms with Gasteiger partial charge in [0.1, 0.15) is 0 Å². The summed E-state index contributed by atoms with van der Waals surface area (Å²) in [6.45, 7) is 0. The number of hydrogen-bond acceptors (Lipinski definition) is 3. The van der Waals surface area contributed by atoms with Crippen LogP contribution in [0.25, 0.3) is 0 Å². The van der Waals surface area contributed by atoms with Crippen LogP contribution in [0.15, 0.2) is 53.0 Å². The molecule has 1 N–H and O–H groups in total. The average molecular weight is 425 g/mol. The summed E-state index contributed by atoms with van der Waals surface area (Å²) < 4.78 is 0.922. The summed E-state index contributed by atoms with van der Waals surface area (Å²) in [5, 5.41) is 4.47. The summed E-state index contributed by atoms with van der Waals surface area (Å²) in [7, 11) is 1.51. The minimum absolute atomic E-state index is 0.00519. The third-order valence-corrected chi connectivity index (χ3v) is 4.42. The highest BCUT2D eigenvalue weighted by molar-refractivity contribution is 9.10. The molecule has 1 fully saturated rings. The van der Waals surface area contributed by atoms with E-state index < -0.39 is 6.23 Å². The van der Waals surface area contributed by atoms with Crippen LogP contribution in [0.4, 0.5) is 16.2 Å². The number of hydrogen-bond donors (Lipinski definition) is 1. The van der Waals surface area contributed by atoms with Crippen molar-refractivity contribution in [1.29, 1.82) is 0 Å². The van der Waals surface area contributed by atoms with Crippen LogP contribution in [0.3, 0.4) is 0 Å². The SMILES string of the molecule is CN1O[C@H](CC(=O)Nc2ccc(Br)cc2)N(c2ccc(Cl)cc2)C1=O. The summed E-state index contributed by atoms with van der Waals surface area (Å²) >= 11 is 9.24. The third kappa shape index (κ3) is 4.12. The van der Waals surface area contributed by atoms with E-state index >= 15 is 0 Å². The number of nitrogens with zero attached hydrogens (tertiary/aromatic N) is 2. The lowest BCUT2D eigenvalue weighted by molar-refractivity contribution is -0.129. The van der Waals surface area contributed by atoms with Crippen molar-refractivity contribution in [2.45, 2.75) is 12.6 Å². The van der Waals surface area contributed by atoms with Gasteiger partial charge in [-0.25, -0.2) is 14.7 Å². The Morgan fingerprint density at radius 3 is 2.48 bits per heavy atom. The molecule has 130 valence electrons. The van der Waals surface area contributed by atoms with Crippen molar-refractivity contribution in [3.05, 3.63) is 58.0 Å². The number of carbonyl (C=O) groups is 2. The van der Waals surface area contributed by atoms with Crippen LogP contribution in [-0.2, 0) is 9.63 Å². The largest absolute Gasteiger partial charge is 0.350 e. The minimum Gasteiger partial charge on any atom is -0.326 e. The third-order valence-electron chi connectivity index (χ3n) is 3.64. The summed E-state index contributed by atoms with van der Waals surface area (Å²) in [5.74, 6) is -0.255. The topological polar surface area (TPSA) is 61.9 Å². The van der Waals surface area contributed by atoms with E-state index in [1.54, 1.807) is 36.4 Å². The number of hydroxylamine groups is 2. The zero-order valence-corrected chi connectivity index (χ0v) is 15.6. The number of halogens is 2. The fourth-order valence-corrected chi connectivity index (χ4v) is 2.85. The van der Waals surface area contributed by atoms with Crippen molar-refractivity contribution < 1.29 is 14.4 Å². The number of rotatable bonds is 4. The van der Waals surface area contributed by atoms with Crippen molar-refractivity contribution in [1.82, 2.24) is 5.06 Å². The molecule has 1 aliphatic heterocycles. The fraction of sp³-hybridized carbons (Fsp3) is 0.176. The van der Waals surface area contributed by atoms with Gasteiger partial charge in [0.2, 0.25) is 5.91 Å². The van der Waals surface area contributed by atoms with E-state index in [4.69, 9.17) is 16.4 Å². The summed E-state index contributed by atoms with van der Waals surface area (Å²) in [4.78, 5) is 31.6. The smallest absolute Gasteiger partial charge is 0.326 e. The second-order valence-corrected chi connectivity index (χ2v) is 6.80. The first-order valence-corrected chi connectivity index (χ1v) is 8.66. The van der Waals surface area contributed by atoms with E-state index in [9.17, 15) is 9.59 Å². The van der Waals surface area contributed by atoms with Crippen LogP contribution in [0, 0.1) is 0 Å². The molecule has 6 nitrogen and oxygen atoms in total. The highest BCUT2D eigenvalue weighted by Gasteiger charge is 2.39. The highest BCUT2D eigenvalue weighted by atomic mass is 79.9. The predicted octanol–water partition coefficient (Wildman–Crippen LogP) is 4.26. The van der Waals surface area contributed by atoms with Gasteiger partial charge in [0.25, 0.3) is 0 Å². The first-order valence-electron chi connectivity index (χ1n) is 7.49. The maximum atomic E-state index is 12.3. The van der Waals surface area contributed by atoms with Gasteiger partial charge in [0.15, 0.2) is 6.23 Å². The Bertz CT molecular complexity index is 783. The zero-order valence-electron chi connectivity index (χ0n) is 13.3. The molecule has 0 spiro atoms. The van der Waals surface area contributed by atoms with Crippen LogP contribution < -0.4 is 10.2 Å². The number of benzene rings is 2. The second kappa shape index (κ2) is 7.43. The van der Waals surface area contributed by atoms with E-state index in [-0.39, 0.29) is 18.4 Å². The van der Waals surface area contributed by atoms with E-state index in [0.29, 0.717) is 16.4 Å². The average Bonchev–Trinajstić information content (AvgIpc) is 2.85. The molecule has 1 aliphatic rings. The Hall–Kier alpha value is -2.09. The van der Waals surface area contributed by atoms with Crippen LogP contribution in [-0.4, -0.2) is 30.3 Å². The maximum absolute atomic E-state index is 12.3. The second-order valence-electron chi connectivity index (χ2n) is 5.45. The van der Waals surface area contributed by atoms with Crippen molar-refractivity contribution >= 4 is 50.8 Å². The molecular formula is C17H15BrClN3O3. The van der Waals surface area contributed by atoms with E-state index in [1.165, 1.54) is 11.9 Å². The molecule has 1 atom stereocenters. The molecule has 1 heterocycles. The summed E-state index contributed by atoms with van der Waals surface area (Å²) in [6, 6.07) is 13.7. The standard InChI is InChI=1S/C17H15BrClN3O3/c1-21-17(24)22(14-8-4-12(19)5-9-14)16(25-21)10-15(23)20-13-6-2-11(18)3-7-13/h2-9,16H,10H2,1H3,(H,20,23)/t16-/m1/s1. The number of urea groups is 1. The molecule has 3 rings (SSSR count). The number of anilines is 2. The van der Waals surface area contributed by atoms with Gasteiger partial charge < -0.3 is 5.32 Å². The molecule has 0 aliphatic carbocycles. The van der Waals surface area contributed by atoms with Gasteiger partial charge >= 0.3 is 6.03 Å². The zero-order chi connectivity index (χ0) is 18.0. The monoisotopic (exact) mass is 423 g/mol. The lowest BCUT2D eigenvalue weighted by Crippen LogP contribution is -2.36. The lowest BCUT2D eigenvalue weighted by Gasteiger charge is -2.20. The molecule has 0 saturated carbocycles. The van der Waals surface area contributed by atoms with Gasteiger partial charge in [-0.15, -0.1) is 0 Å². The van der Waals surface area contributed by atoms with Crippen LogP contribution in [0.1, 0.15) is 6.42 Å². The maximum Gasteiger partial charge on any atom is 0.350 e. The van der Waals surface area contributed by atoms with E-state index in [2.05, 4.69) is 21.2 Å². The molecule has 0 unspecified atom stereocenters. The van der Waals surface area contributed by atoms with E-state index in [1.807, 2.05) is 12.1 Å². The Morgan fingerprint density at radius 1 is 1.20 bits per heavy atom. The lowest BCUT2D eigenvalue weighted by atomic mass is 10.2. The van der Waals surface area contributed by atoms with E-state index in [0.717, 1.165) is 9.54 Å². The van der Waals surface area contributed by atoms with Gasteiger partial charge in [-0.1, -0.05) is 27.5 Å². The predicted molar refractivity (Wildman–Crippen MR) is 99.4 cm³/mol. The molecule has 0 aromatic heterocycles. The molecule has 1 saturated heterocycles. The molecule has 2 aromatic carbocycles. The van der Waals surface area contributed by atoms with Crippen LogP contribution >= 0.6 is 27.5 Å². The molecule has 8 heteroatoms. The van der Waals surface area contributed by atoms with Gasteiger partial charge in [0.05, 0.1) is 6.42 Å². The fourth-order valence-electron chi connectivity index (χ4n) is 2.46. The molecule has 0 bridgehead atoms. The summed E-state index contributed by atoms with van der Waals surface area (Å²) in [6.07, 6.45) is -0.733. The van der Waals surface area contributed by atoms with Crippen LogP contribution in [0.5, 0.6) is 0 Å². The van der Waals surface area contributed by atoms with Crippen molar-refractivity contribution in [3.63, 3.8) is 0 Å². The number of carbonyl (C=O) groups excluding carboxylic acids is 2. The van der Waals surface area contributed by atoms with Gasteiger partial charge in [0, 0.05) is 27.9 Å². The number of nitrogens with one attached hydrogen (secondary N) is 1. The first kappa shape index (κ1) is 17.7. The van der Waals surface area contributed by atoms with Gasteiger partial charge in [-0.2, -0.15) is 0 Å². The molecule has 3 amide bonds. The highest BCUT2D eigenvalue weighted by Crippen LogP contribution is 2.28. The van der Waals surface area contributed by atoms with Gasteiger partial charge in [-0.05, 0) is 48.5 Å². The Morgan fingerprint density at radius 2 is 1.84 bits per heavy atom. The number of amides is 3. The quantitative estimate of drug-likeness (QED) is 0.798. The minimum atomic E-state index is -0.728. The van der Waals surface area contributed by atoms with Gasteiger partial charge in [-0.3, -0.25) is 9.69 Å². The summed E-state index contributed by atoms with van der Waals surface area (Å²) in [5.41, 5.74) is 1.28. The first-order chi connectivity index (χ1) is 11.9. The molecule has 0 radical (unpaired) electrons. The molecule has 2 aromatic rings. The molecular weight excluding hydrogens is 410 g/mol.